The van der Waals surface area contributed by atoms with Crippen LogP contribution in [0.1, 0.15) is 31.7 Å². The van der Waals surface area contributed by atoms with Crippen LogP contribution in [0, 0.1) is 0 Å². The van der Waals surface area contributed by atoms with Crippen molar-refractivity contribution in [3.05, 3.63) is 35.9 Å². The number of benzene rings is 1. The molecule has 0 bridgehead atoms. The molecule has 0 amide bonds. The number of carboxylic acids is 1. The fourth-order valence-corrected chi connectivity index (χ4v) is 2.80. The number of rotatable bonds is 5. The summed E-state index contributed by atoms with van der Waals surface area (Å²) < 4.78 is 5.77. The van der Waals surface area contributed by atoms with Gasteiger partial charge < -0.3 is 15.6 Å². The summed E-state index contributed by atoms with van der Waals surface area (Å²) in [5, 5.41) is 9.67. The molecule has 0 aliphatic carbocycles. The van der Waals surface area contributed by atoms with Gasteiger partial charge in [-0.05, 0) is 31.7 Å². The molecule has 0 aromatic heterocycles. The maximum atomic E-state index is 11.8. The number of hydrogen-bond donors (Lipinski definition) is 2. The van der Waals surface area contributed by atoms with Gasteiger partial charge in [0.1, 0.15) is 5.41 Å². The minimum atomic E-state index is -1.05. The highest BCUT2D eigenvalue weighted by Crippen LogP contribution is 2.34. The van der Waals surface area contributed by atoms with Gasteiger partial charge in [-0.15, -0.1) is 0 Å². The predicted molar refractivity (Wildman–Crippen MR) is 73.0 cm³/mol. The van der Waals surface area contributed by atoms with Crippen LogP contribution < -0.4 is 5.73 Å². The van der Waals surface area contributed by atoms with Crippen molar-refractivity contribution < 1.29 is 14.6 Å². The Balaban J connectivity index is 2.27. The molecule has 19 heavy (non-hydrogen) atoms. The lowest BCUT2D eigenvalue weighted by molar-refractivity contribution is -0.145. The van der Waals surface area contributed by atoms with Gasteiger partial charge in [0.15, 0.2) is 0 Å². The molecule has 1 aliphatic heterocycles. The van der Waals surface area contributed by atoms with Gasteiger partial charge in [0.2, 0.25) is 0 Å². The summed E-state index contributed by atoms with van der Waals surface area (Å²) in [6.45, 7) is 2.11. The summed E-state index contributed by atoms with van der Waals surface area (Å²) in [7, 11) is 0. The molecule has 2 rings (SSSR count). The Labute approximate surface area is 113 Å². The van der Waals surface area contributed by atoms with Gasteiger partial charge >= 0.3 is 5.97 Å². The molecule has 1 saturated heterocycles. The van der Waals surface area contributed by atoms with E-state index in [0.717, 1.165) is 18.4 Å². The van der Waals surface area contributed by atoms with Crippen molar-refractivity contribution in [2.24, 2.45) is 5.73 Å². The van der Waals surface area contributed by atoms with Crippen molar-refractivity contribution in [2.45, 2.75) is 43.8 Å². The molecule has 1 aliphatic rings. The number of ether oxygens (including phenoxy) is 1. The Hall–Kier alpha value is -1.39. The first-order valence-corrected chi connectivity index (χ1v) is 6.73. The van der Waals surface area contributed by atoms with Gasteiger partial charge in [-0.1, -0.05) is 30.3 Å². The molecule has 3 N–H and O–H groups in total. The van der Waals surface area contributed by atoms with E-state index in [1.165, 1.54) is 0 Å². The molecule has 4 nitrogen and oxygen atoms in total. The van der Waals surface area contributed by atoms with E-state index in [2.05, 4.69) is 0 Å². The zero-order chi connectivity index (χ0) is 13.9. The van der Waals surface area contributed by atoms with E-state index >= 15 is 0 Å². The van der Waals surface area contributed by atoms with Crippen LogP contribution in [0.25, 0.3) is 0 Å². The summed E-state index contributed by atoms with van der Waals surface area (Å²) in [6, 6.07) is 9.24. The second-order valence-electron chi connectivity index (χ2n) is 5.31. The van der Waals surface area contributed by atoms with Crippen LogP contribution in [0.4, 0.5) is 0 Å². The quantitative estimate of drug-likeness (QED) is 0.851. The predicted octanol–water partition coefficient (Wildman–Crippen LogP) is 1.93. The molecule has 0 saturated carbocycles. The van der Waals surface area contributed by atoms with Crippen LogP contribution >= 0.6 is 0 Å². The second-order valence-corrected chi connectivity index (χ2v) is 5.31. The maximum absolute atomic E-state index is 11.8. The number of carboxylic acid groups (broad SMARTS) is 1. The first kappa shape index (κ1) is 14.0. The molecule has 3 unspecified atom stereocenters. The van der Waals surface area contributed by atoms with Crippen LogP contribution in [0.5, 0.6) is 0 Å². The first-order valence-electron chi connectivity index (χ1n) is 6.73. The molecular weight excluding hydrogens is 242 g/mol. The average Bonchev–Trinajstić information content (AvgIpc) is 2.82. The highest BCUT2D eigenvalue weighted by Gasteiger charge is 2.42. The van der Waals surface area contributed by atoms with Crippen LogP contribution in [0.3, 0.4) is 0 Å². The zero-order valence-electron chi connectivity index (χ0n) is 11.2. The second kappa shape index (κ2) is 5.72. The third kappa shape index (κ3) is 2.80. The van der Waals surface area contributed by atoms with Gasteiger partial charge in [0.25, 0.3) is 0 Å². The molecule has 1 aromatic rings. The average molecular weight is 263 g/mol. The molecule has 104 valence electrons. The molecule has 0 spiro atoms. The Morgan fingerprint density at radius 3 is 2.58 bits per heavy atom. The van der Waals surface area contributed by atoms with E-state index in [0.29, 0.717) is 6.42 Å². The minimum Gasteiger partial charge on any atom is -0.481 e. The van der Waals surface area contributed by atoms with Crippen LogP contribution in [-0.4, -0.2) is 29.8 Å². The van der Waals surface area contributed by atoms with Gasteiger partial charge in [-0.3, -0.25) is 4.79 Å². The van der Waals surface area contributed by atoms with Gasteiger partial charge in [-0.2, -0.15) is 0 Å². The first-order chi connectivity index (χ1) is 9.08. The molecule has 0 radical (unpaired) electrons. The number of hydrogen-bond acceptors (Lipinski definition) is 3. The number of aliphatic carboxylic acids is 1. The van der Waals surface area contributed by atoms with Crippen molar-refractivity contribution in [1.82, 2.24) is 0 Å². The van der Waals surface area contributed by atoms with Gasteiger partial charge in [0.05, 0.1) is 12.2 Å². The van der Waals surface area contributed by atoms with Crippen molar-refractivity contribution in [1.29, 1.82) is 0 Å². The summed E-state index contributed by atoms with van der Waals surface area (Å²) in [4.78, 5) is 11.8. The van der Waals surface area contributed by atoms with E-state index in [9.17, 15) is 9.90 Å². The van der Waals surface area contributed by atoms with E-state index in [-0.39, 0.29) is 18.8 Å². The van der Waals surface area contributed by atoms with Crippen LogP contribution in [0.15, 0.2) is 30.3 Å². The summed E-state index contributed by atoms with van der Waals surface area (Å²) in [5.41, 5.74) is 5.53. The zero-order valence-corrected chi connectivity index (χ0v) is 11.2. The Morgan fingerprint density at radius 1 is 1.42 bits per heavy atom. The monoisotopic (exact) mass is 263 g/mol. The fraction of sp³-hybridized carbons (Fsp3) is 0.533. The highest BCUT2D eigenvalue weighted by atomic mass is 16.5. The lowest BCUT2D eigenvalue weighted by atomic mass is 9.75. The Bertz CT molecular complexity index is 434. The van der Waals surface area contributed by atoms with E-state index in [4.69, 9.17) is 10.5 Å². The molecular formula is C15H21NO3. The highest BCUT2D eigenvalue weighted by molar-refractivity contribution is 5.81. The van der Waals surface area contributed by atoms with Crippen LogP contribution in [-0.2, 0) is 14.9 Å². The summed E-state index contributed by atoms with van der Waals surface area (Å²) in [6.07, 6.45) is 2.52. The Morgan fingerprint density at radius 2 is 2.11 bits per heavy atom. The van der Waals surface area contributed by atoms with Crippen molar-refractivity contribution >= 4 is 5.97 Å². The lowest BCUT2D eigenvalue weighted by Crippen LogP contribution is -2.45. The standard InChI is InChI=1S/C15H21NO3/c1-11-7-8-13(19-11)9-15(10-16,14(17)18)12-5-3-2-4-6-12/h2-6,11,13H,7-10,16H2,1H3,(H,17,18). The molecule has 1 fully saturated rings. The van der Waals surface area contributed by atoms with Gasteiger partial charge in [0, 0.05) is 6.54 Å². The van der Waals surface area contributed by atoms with Crippen molar-refractivity contribution in [3.8, 4) is 0 Å². The van der Waals surface area contributed by atoms with Crippen molar-refractivity contribution in [3.63, 3.8) is 0 Å². The third-order valence-electron chi connectivity index (χ3n) is 3.98. The molecule has 1 heterocycles. The normalized spacial score (nSPS) is 26.0. The molecule has 4 heteroatoms. The smallest absolute Gasteiger partial charge is 0.315 e. The van der Waals surface area contributed by atoms with E-state index in [1.54, 1.807) is 0 Å². The largest absolute Gasteiger partial charge is 0.481 e. The maximum Gasteiger partial charge on any atom is 0.315 e. The minimum absolute atomic E-state index is 0.0187. The number of nitrogens with two attached hydrogens (primary N) is 1. The van der Waals surface area contributed by atoms with Crippen molar-refractivity contribution in [2.75, 3.05) is 6.54 Å². The Kier molecular flexibility index (Phi) is 4.22. The van der Waals surface area contributed by atoms with Gasteiger partial charge in [-0.25, -0.2) is 0 Å². The summed E-state index contributed by atoms with van der Waals surface area (Å²) >= 11 is 0. The van der Waals surface area contributed by atoms with Crippen LogP contribution in [0.2, 0.25) is 0 Å². The SMILES string of the molecule is CC1CCC(CC(CN)(C(=O)O)c2ccccc2)O1. The fourth-order valence-electron chi connectivity index (χ4n) is 2.80. The summed E-state index contributed by atoms with van der Waals surface area (Å²) in [5.74, 6) is -0.871. The van der Waals surface area contributed by atoms with E-state index < -0.39 is 11.4 Å². The number of carbonyl (C=O) groups is 1. The molecule has 3 atom stereocenters. The third-order valence-corrected chi connectivity index (χ3v) is 3.98. The topological polar surface area (TPSA) is 72.6 Å². The van der Waals surface area contributed by atoms with E-state index in [1.807, 2.05) is 37.3 Å². The molecule has 1 aromatic carbocycles. The lowest BCUT2D eigenvalue weighted by Gasteiger charge is -2.31.